The molecule has 0 aliphatic carbocycles. The van der Waals surface area contributed by atoms with E-state index in [-0.39, 0.29) is 29.6 Å². The number of hydroxylamine groups is 1. The van der Waals surface area contributed by atoms with Gasteiger partial charge in [-0.2, -0.15) is 18.2 Å². The highest BCUT2D eigenvalue weighted by Gasteiger charge is 2.36. The number of nitrogens with zero attached hydrogens (tertiary/aromatic N) is 2. The van der Waals surface area contributed by atoms with Gasteiger partial charge in [0.2, 0.25) is 5.95 Å². The van der Waals surface area contributed by atoms with Gasteiger partial charge >= 0.3 is 6.18 Å². The van der Waals surface area contributed by atoms with E-state index < -0.39 is 30.6 Å². The molecule has 3 aromatic rings. The number of carbonyl (C=O) groups excluding carboxylic acids is 1. The molecule has 3 rings (SSSR count). The zero-order valence-electron chi connectivity index (χ0n) is 19.9. The average molecular weight is 523 g/mol. The number of hydrogen-bond acceptors (Lipinski definition) is 8. The lowest BCUT2D eigenvalue weighted by atomic mass is 10.2. The van der Waals surface area contributed by atoms with Crippen LogP contribution in [0.2, 0.25) is 0 Å². The Morgan fingerprint density at radius 2 is 1.81 bits per heavy atom. The number of carbonyl (C=O) groups is 1. The van der Waals surface area contributed by atoms with Crippen LogP contribution in [0.15, 0.2) is 48.7 Å². The maximum absolute atomic E-state index is 13.7. The molecule has 3 N–H and O–H groups in total. The summed E-state index contributed by atoms with van der Waals surface area (Å²) in [6.45, 7) is 5.05. The fourth-order valence-corrected chi connectivity index (χ4v) is 4.39. The number of aromatic nitrogens is 2. The highest BCUT2D eigenvalue weighted by Crippen LogP contribution is 2.40. The third-order valence-corrected chi connectivity index (χ3v) is 6.37. The van der Waals surface area contributed by atoms with Crippen LogP contribution in [0.4, 0.5) is 36.3 Å². The summed E-state index contributed by atoms with van der Waals surface area (Å²) in [5.74, 6) is -0.934. The van der Waals surface area contributed by atoms with Gasteiger partial charge < -0.3 is 19.9 Å². The lowest BCUT2D eigenvalue weighted by Crippen LogP contribution is -2.21. The molecular weight excluding hydrogens is 498 g/mol. The average Bonchev–Trinajstić information content (AvgIpc) is 2.79. The lowest BCUT2D eigenvalue weighted by Gasteiger charge is -2.18. The van der Waals surface area contributed by atoms with E-state index in [1.165, 1.54) is 44.7 Å². The molecule has 9 nitrogen and oxygen atoms in total. The molecule has 0 unspecified atom stereocenters. The Hall–Kier alpha value is -3.63. The molecule has 0 radical (unpaired) electrons. The Balaban J connectivity index is 2.02. The smallest absolute Gasteiger partial charge is 0.421 e. The van der Waals surface area contributed by atoms with Gasteiger partial charge in [-0.1, -0.05) is 12.1 Å². The van der Waals surface area contributed by atoms with Gasteiger partial charge in [-0.3, -0.25) is 9.63 Å². The number of halogens is 3. The summed E-state index contributed by atoms with van der Waals surface area (Å²) >= 11 is 0. The molecule has 0 bridgehead atoms. The Morgan fingerprint density at radius 1 is 1.08 bits per heavy atom. The fourth-order valence-electron chi connectivity index (χ4n) is 3.24. The first-order valence-corrected chi connectivity index (χ1v) is 13.3. The van der Waals surface area contributed by atoms with Gasteiger partial charge in [-0.15, -0.1) is 0 Å². The molecule has 0 saturated heterocycles. The van der Waals surface area contributed by atoms with Gasteiger partial charge in [0.1, 0.15) is 24.3 Å². The van der Waals surface area contributed by atoms with Crippen molar-refractivity contribution in [1.82, 2.24) is 15.4 Å². The molecule has 0 aliphatic heterocycles. The van der Waals surface area contributed by atoms with E-state index in [1.54, 1.807) is 25.1 Å². The van der Waals surface area contributed by atoms with Crippen LogP contribution in [-0.2, 0) is 15.6 Å². The van der Waals surface area contributed by atoms with Crippen LogP contribution in [0.5, 0.6) is 5.75 Å². The maximum Gasteiger partial charge on any atom is 0.421 e. The predicted molar refractivity (Wildman–Crippen MR) is 131 cm³/mol. The molecule has 36 heavy (non-hydrogen) atoms. The number of rotatable bonds is 9. The molecule has 13 heteroatoms. The Kier molecular flexibility index (Phi) is 8.21. The molecule has 0 aliphatic rings. The third-order valence-electron chi connectivity index (χ3n) is 4.82. The molecule has 1 heterocycles. The van der Waals surface area contributed by atoms with Gasteiger partial charge in [0.05, 0.1) is 25.1 Å². The summed E-state index contributed by atoms with van der Waals surface area (Å²) in [6, 6.07) is 10.8. The molecule has 0 atom stereocenters. The normalized spacial score (nSPS) is 11.6. The van der Waals surface area contributed by atoms with Crippen molar-refractivity contribution in [3.8, 4) is 5.75 Å². The van der Waals surface area contributed by atoms with Crippen molar-refractivity contribution < 1.29 is 32.1 Å². The minimum atomic E-state index is -4.75. The van der Waals surface area contributed by atoms with Crippen molar-refractivity contribution in [3.63, 3.8) is 0 Å². The van der Waals surface area contributed by atoms with Crippen LogP contribution in [0.3, 0.4) is 0 Å². The summed E-state index contributed by atoms with van der Waals surface area (Å²) in [5, 5.41) is 5.89. The Labute approximate surface area is 205 Å². The second kappa shape index (κ2) is 11.0. The van der Waals surface area contributed by atoms with E-state index in [0.717, 1.165) is 0 Å². The number of nitrogens with one attached hydrogen (secondary N) is 3. The molecular formula is C23H25F3N5O4P. The first kappa shape index (κ1) is 27.0. The first-order chi connectivity index (χ1) is 16.9. The predicted octanol–water partition coefficient (Wildman–Crippen LogP) is 4.92. The second-order valence-corrected chi connectivity index (χ2v) is 11.0. The van der Waals surface area contributed by atoms with Crippen molar-refractivity contribution in [2.24, 2.45) is 0 Å². The quantitative estimate of drug-likeness (QED) is 0.268. The number of alkyl halides is 3. The van der Waals surface area contributed by atoms with Gasteiger partial charge in [-0.05, 0) is 50.6 Å². The summed E-state index contributed by atoms with van der Waals surface area (Å²) in [6.07, 6.45) is -4.09. The molecule has 2 aromatic carbocycles. The van der Waals surface area contributed by atoms with Crippen LogP contribution in [0, 0.1) is 0 Å². The fraction of sp³-hybridized carbons (Fsp3) is 0.261. The Morgan fingerprint density at radius 3 is 2.44 bits per heavy atom. The standard InChI is InChI=1S/C23H25F3N5O4P/c1-5-35-18-12-14(21(32)31-34-2)10-11-16(18)29-22-27-13-15(23(24,25)26)20(30-22)28-17-8-6-7-9-19(17)36(3,4)33/h6-13H,5H2,1-4H3,(H,31,32)(H2,27,28,29,30). The van der Waals surface area contributed by atoms with Crippen molar-refractivity contribution in [2.75, 3.05) is 37.7 Å². The first-order valence-electron chi connectivity index (χ1n) is 10.7. The maximum atomic E-state index is 13.7. The minimum absolute atomic E-state index is 0.158. The minimum Gasteiger partial charge on any atom is -0.492 e. The topological polar surface area (TPSA) is 114 Å². The summed E-state index contributed by atoms with van der Waals surface area (Å²) in [5.41, 5.74) is 1.90. The number of anilines is 4. The molecule has 0 spiro atoms. The largest absolute Gasteiger partial charge is 0.492 e. The summed E-state index contributed by atoms with van der Waals surface area (Å²) in [7, 11) is -1.51. The van der Waals surface area contributed by atoms with Crippen molar-refractivity contribution in [3.05, 3.63) is 59.8 Å². The van der Waals surface area contributed by atoms with Crippen LogP contribution in [0.1, 0.15) is 22.8 Å². The highest BCUT2D eigenvalue weighted by molar-refractivity contribution is 7.70. The van der Waals surface area contributed by atoms with E-state index in [9.17, 15) is 22.5 Å². The number of ether oxygens (including phenoxy) is 1. The van der Waals surface area contributed by atoms with Gasteiger partial charge in [0, 0.05) is 17.1 Å². The van der Waals surface area contributed by atoms with Crippen LogP contribution in [-0.4, -0.2) is 42.9 Å². The number of amides is 1. The van der Waals surface area contributed by atoms with Crippen molar-refractivity contribution in [1.29, 1.82) is 0 Å². The zero-order chi connectivity index (χ0) is 26.5. The Bertz CT molecular complexity index is 1300. The molecule has 1 amide bonds. The zero-order valence-corrected chi connectivity index (χ0v) is 20.8. The number of benzene rings is 2. The number of para-hydroxylation sites is 1. The van der Waals surface area contributed by atoms with E-state index in [4.69, 9.17) is 4.74 Å². The van der Waals surface area contributed by atoms with E-state index in [1.807, 2.05) is 0 Å². The molecule has 1 aromatic heterocycles. The summed E-state index contributed by atoms with van der Waals surface area (Å²) < 4.78 is 59.4. The second-order valence-electron chi connectivity index (χ2n) is 7.85. The van der Waals surface area contributed by atoms with Crippen LogP contribution in [0.25, 0.3) is 0 Å². The molecule has 0 fully saturated rings. The molecule has 192 valence electrons. The highest BCUT2D eigenvalue weighted by atomic mass is 31.2. The molecule has 0 saturated carbocycles. The van der Waals surface area contributed by atoms with E-state index >= 15 is 0 Å². The van der Waals surface area contributed by atoms with Crippen LogP contribution < -0.4 is 26.2 Å². The SMILES string of the molecule is CCOc1cc(C(=O)NOC)ccc1Nc1ncc(C(F)(F)F)c(Nc2ccccc2P(C)(C)=O)n1. The lowest BCUT2D eigenvalue weighted by molar-refractivity contribution is -0.137. The number of hydrogen-bond donors (Lipinski definition) is 3. The van der Waals surface area contributed by atoms with E-state index in [2.05, 4.69) is 30.9 Å². The van der Waals surface area contributed by atoms with Crippen molar-refractivity contribution in [2.45, 2.75) is 13.1 Å². The van der Waals surface area contributed by atoms with Gasteiger partial charge in [-0.25, -0.2) is 10.5 Å². The monoisotopic (exact) mass is 523 g/mol. The van der Waals surface area contributed by atoms with Gasteiger partial charge in [0.25, 0.3) is 5.91 Å². The summed E-state index contributed by atoms with van der Waals surface area (Å²) in [4.78, 5) is 24.5. The van der Waals surface area contributed by atoms with Crippen LogP contribution >= 0.6 is 7.14 Å². The van der Waals surface area contributed by atoms with E-state index in [0.29, 0.717) is 17.2 Å². The third kappa shape index (κ3) is 6.52. The van der Waals surface area contributed by atoms with Crippen molar-refractivity contribution >= 4 is 41.5 Å². The van der Waals surface area contributed by atoms with Gasteiger partial charge in [0.15, 0.2) is 0 Å².